The molecule has 0 aliphatic carbocycles. The molecular formula is C12H22N2. The third kappa shape index (κ3) is 3.54. The van der Waals surface area contributed by atoms with E-state index in [0.717, 1.165) is 19.6 Å². The van der Waals surface area contributed by atoms with E-state index in [0.29, 0.717) is 0 Å². The summed E-state index contributed by atoms with van der Waals surface area (Å²) in [5.74, 6) is 0. The van der Waals surface area contributed by atoms with Crippen LogP contribution < -0.4 is 5.32 Å². The quantitative estimate of drug-likeness (QED) is 0.660. The van der Waals surface area contributed by atoms with E-state index in [2.05, 4.69) is 42.1 Å². The molecule has 0 unspecified atom stereocenters. The summed E-state index contributed by atoms with van der Waals surface area (Å²) in [6.45, 7) is 7.63. The summed E-state index contributed by atoms with van der Waals surface area (Å²) in [6.07, 6.45) is 6.07. The molecule has 0 aromatic carbocycles. The van der Waals surface area contributed by atoms with E-state index in [1.165, 1.54) is 25.0 Å². The van der Waals surface area contributed by atoms with E-state index >= 15 is 0 Å². The first-order valence-electron chi connectivity index (χ1n) is 5.73. The first-order chi connectivity index (χ1) is 6.88. The third-order valence-corrected chi connectivity index (χ3v) is 2.53. The Hall–Kier alpha value is -0.760. The molecule has 0 amide bonds. The molecule has 0 fully saturated rings. The first kappa shape index (κ1) is 11.3. The molecule has 1 rings (SSSR count). The van der Waals surface area contributed by atoms with Crippen LogP contribution in [0, 0.1) is 0 Å². The van der Waals surface area contributed by atoms with Crippen LogP contribution in [0.2, 0.25) is 0 Å². The van der Waals surface area contributed by atoms with Crippen LogP contribution in [0.25, 0.3) is 0 Å². The molecule has 0 atom stereocenters. The number of aryl methyl sites for hydroxylation is 1. The van der Waals surface area contributed by atoms with Gasteiger partial charge in [-0.25, -0.2) is 0 Å². The van der Waals surface area contributed by atoms with Crippen LogP contribution in [0.1, 0.15) is 38.8 Å². The molecule has 1 N–H and O–H groups in total. The predicted molar refractivity (Wildman–Crippen MR) is 61.3 cm³/mol. The van der Waals surface area contributed by atoms with E-state index in [1.807, 2.05) is 0 Å². The van der Waals surface area contributed by atoms with Gasteiger partial charge in [-0.3, -0.25) is 0 Å². The van der Waals surface area contributed by atoms with Gasteiger partial charge in [-0.2, -0.15) is 0 Å². The molecule has 0 bridgehead atoms. The van der Waals surface area contributed by atoms with Gasteiger partial charge in [-0.1, -0.05) is 19.8 Å². The van der Waals surface area contributed by atoms with E-state index < -0.39 is 0 Å². The van der Waals surface area contributed by atoms with Gasteiger partial charge >= 0.3 is 0 Å². The minimum absolute atomic E-state index is 1.00. The van der Waals surface area contributed by atoms with Crippen molar-refractivity contribution in [1.82, 2.24) is 9.88 Å². The summed E-state index contributed by atoms with van der Waals surface area (Å²) in [4.78, 5) is 0. The third-order valence-electron chi connectivity index (χ3n) is 2.53. The van der Waals surface area contributed by atoms with Gasteiger partial charge in [0, 0.05) is 25.0 Å². The highest BCUT2D eigenvalue weighted by molar-refractivity contribution is 5.06. The first-order valence-corrected chi connectivity index (χ1v) is 5.73. The Bertz CT molecular complexity index is 240. The fraction of sp³-hybridized carbons (Fsp3) is 0.667. The molecule has 0 radical (unpaired) electrons. The van der Waals surface area contributed by atoms with Gasteiger partial charge in [0.15, 0.2) is 0 Å². The number of hydrogen-bond acceptors (Lipinski definition) is 1. The van der Waals surface area contributed by atoms with E-state index in [1.54, 1.807) is 0 Å². The van der Waals surface area contributed by atoms with E-state index in [-0.39, 0.29) is 0 Å². The van der Waals surface area contributed by atoms with Crippen molar-refractivity contribution in [3.05, 3.63) is 24.0 Å². The summed E-state index contributed by atoms with van der Waals surface area (Å²) >= 11 is 0. The maximum absolute atomic E-state index is 3.48. The van der Waals surface area contributed by atoms with Gasteiger partial charge in [0.1, 0.15) is 0 Å². The average molecular weight is 194 g/mol. The van der Waals surface area contributed by atoms with Gasteiger partial charge in [-0.15, -0.1) is 0 Å². The molecule has 80 valence electrons. The number of unbranched alkanes of at least 4 members (excludes halogenated alkanes) is 2. The molecule has 0 saturated heterocycles. The van der Waals surface area contributed by atoms with E-state index in [9.17, 15) is 0 Å². The second-order valence-corrected chi connectivity index (χ2v) is 3.67. The van der Waals surface area contributed by atoms with E-state index in [4.69, 9.17) is 0 Å². The maximum atomic E-state index is 3.48. The SMILES string of the molecule is CCCCCNCc1cccn1CC. The molecule has 1 aromatic heterocycles. The second kappa shape index (κ2) is 6.66. The zero-order valence-corrected chi connectivity index (χ0v) is 9.42. The molecule has 2 heteroatoms. The normalized spacial score (nSPS) is 10.7. The van der Waals surface area contributed by atoms with Crippen molar-refractivity contribution in [2.75, 3.05) is 6.54 Å². The summed E-state index contributed by atoms with van der Waals surface area (Å²) in [5.41, 5.74) is 1.39. The standard InChI is InChI=1S/C12H22N2/c1-3-5-6-9-13-11-12-8-7-10-14(12)4-2/h7-8,10,13H,3-6,9,11H2,1-2H3. The summed E-state index contributed by atoms with van der Waals surface area (Å²) in [6, 6.07) is 4.31. The van der Waals surface area contributed by atoms with Gasteiger partial charge in [0.05, 0.1) is 0 Å². The number of nitrogens with zero attached hydrogens (tertiary/aromatic N) is 1. The highest BCUT2D eigenvalue weighted by Gasteiger charge is 1.97. The Morgan fingerprint density at radius 3 is 2.86 bits per heavy atom. The Morgan fingerprint density at radius 1 is 1.29 bits per heavy atom. The average Bonchev–Trinajstić information content (AvgIpc) is 2.65. The zero-order chi connectivity index (χ0) is 10.2. The van der Waals surface area contributed by atoms with Crippen molar-refractivity contribution >= 4 is 0 Å². The fourth-order valence-corrected chi connectivity index (χ4v) is 1.63. The highest BCUT2D eigenvalue weighted by Crippen LogP contribution is 2.01. The lowest BCUT2D eigenvalue weighted by molar-refractivity contribution is 0.590. The number of rotatable bonds is 7. The van der Waals surface area contributed by atoms with Crippen LogP contribution in [0.4, 0.5) is 0 Å². The number of aromatic nitrogens is 1. The Kier molecular flexibility index (Phi) is 5.38. The molecular weight excluding hydrogens is 172 g/mol. The van der Waals surface area contributed by atoms with Gasteiger partial charge in [0.25, 0.3) is 0 Å². The summed E-state index contributed by atoms with van der Waals surface area (Å²) in [5, 5.41) is 3.48. The van der Waals surface area contributed by atoms with Crippen molar-refractivity contribution in [2.24, 2.45) is 0 Å². The summed E-state index contributed by atoms with van der Waals surface area (Å²) < 4.78 is 2.28. The topological polar surface area (TPSA) is 17.0 Å². The minimum Gasteiger partial charge on any atom is -0.351 e. The van der Waals surface area contributed by atoms with Crippen LogP contribution in [0.5, 0.6) is 0 Å². The van der Waals surface area contributed by atoms with Crippen molar-refractivity contribution < 1.29 is 0 Å². The molecule has 0 saturated carbocycles. The lowest BCUT2D eigenvalue weighted by Gasteiger charge is -2.07. The van der Waals surface area contributed by atoms with Crippen LogP contribution in [-0.4, -0.2) is 11.1 Å². The molecule has 1 heterocycles. The maximum Gasteiger partial charge on any atom is 0.0359 e. The predicted octanol–water partition coefficient (Wildman–Crippen LogP) is 2.79. The fourth-order valence-electron chi connectivity index (χ4n) is 1.63. The largest absolute Gasteiger partial charge is 0.351 e. The monoisotopic (exact) mass is 194 g/mol. The van der Waals surface area contributed by atoms with Gasteiger partial charge in [-0.05, 0) is 32.0 Å². The molecule has 0 spiro atoms. The Morgan fingerprint density at radius 2 is 2.14 bits per heavy atom. The zero-order valence-electron chi connectivity index (χ0n) is 9.42. The van der Waals surface area contributed by atoms with Crippen molar-refractivity contribution in [3.63, 3.8) is 0 Å². The van der Waals surface area contributed by atoms with Crippen LogP contribution >= 0.6 is 0 Å². The Labute approximate surface area is 87.3 Å². The van der Waals surface area contributed by atoms with Crippen molar-refractivity contribution in [3.8, 4) is 0 Å². The highest BCUT2D eigenvalue weighted by atomic mass is 15.0. The smallest absolute Gasteiger partial charge is 0.0359 e. The van der Waals surface area contributed by atoms with Gasteiger partial charge in [0.2, 0.25) is 0 Å². The lowest BCUT2D eigenvalue weighted by Crippen LogP contribution is -2.17. The minimum atomic E-state index is 1.00. The Balaban J connectivity index is 2.17. The molecule has 0 aliphatic heterocycles. The van der Waals surface area contributed by atoms with Crippen LogP contribution in [0.3, 0.4) is 0 Å². The molecule has 2 nitrogen and oxygen atoms in total. The molecule has 0 aliphatic rings. The number of hydrogen-bond donors (Lipinski definition) is 1. The lowest BCUT2D eigenvalue weighted by atomic mass is 10.2. The molecule has 1 aromatic rings. The van der Waals surface area contributed by atoms with Crippen molar-refractivity contribution in [2.45, 2.75) is 46.2 Å². The second-order valence-electron chi connectivity index (χ2n) is 3.67. The van der Waals surface area contributed by atoms with Crippen molar-refractivity contribution in [1.29, 1.82) is 0 Å². The van der Waals surface area contributed by atoms with Crippen LogP contribution in [0.15, 0.2) is 18.3 Å². The van der Waals surface area contributed by atoms with Gasteiger partial charge < -0.3 is 9.88 Å². The van der Waals surface area contributed by atoms with Crippen LogP contribution in [-0.2, 0) is 13.1 Å². The summed E-state index contributed by atoms with van der Waals surface area (Å²) in [7, 11) is 0. The number of nitrogens with one attached hydrogen (secondary N) is 1. The molecule has 14 heavy (non-hydrogen) atoms.